The van der Waals surface area contributed by atoms with E-state index in [-0.39, 0.29) is 5.75 Å². The third-order valence-electron chi connectivity index (χ3n) is 1.79. The largest absolute Gasteiger partial charge is 0.399 e. The molecule has 2 N–H and O–H groups in total. The fraction of sp³-hybridized carbons (Fsp3) is 0.333. The van der Waals surface area contributed by atoms with Crippen molar-refractivity contribution in [2.24, 2.45) is 0 Å². The maximum Gasteiger partial charge on any atom is 0.140 e. The summed E-state index contributed by atoms with van der Waals surface area (Å²) in [5.74, 6) is 0.264. The molecule has 0 spiro atoms. The molecule has 0 bridgehead atoms. The van der Waals surface area contributed by atoms with Crippen molar-refractivity contribution in [1.82, 2.24) is 0 Å². The first-order chi connectivity index (χ1) is 6.18. The molecule has 0 saturated carbocycles. The summed E-state index contributed by atoms with van der Waals surface area (Å²) in [6.45, 7) is 0. The second-order valence-electron chi connectivity index (χ2n) is 2.90. The van der Waals surface area contributed by atoms with Gasteiger partial charge in [-0.1, -0.05) is 12.1 Å². The minimum absolute atomic E-state index is 0.264. The van der Waals surface area contributed by atoms with E-state index in [9.17, 15) is 8.42 Å². The molecule has 0 aliphatic heterocycles. The molecule has 0 radical (unpaired) electrons. The highest BCUT2D eigenvalue weighted by Gasteiger charge is 1.93. The van der Waals surface area contributed by atoms with Crippen LogP contribution in [-0.4, -0.2) is 14.2 Å². The minimum Gasteiger partial charge on any atom is -0.399 e. The highest BCUT2D eigenvalue weighted by atomic mass is 32.2. The molecule has 0 aliphatic rings. The van der Waals surface area contributed by atoms with Gasteiger partial charge < -0.3 is 5.73 Å². The molecule has 0 unspecified atom stereocenters. The molecule has 72 valence electrons. The molecular formula is C9H13NO2S. The Hall–Kier alpha value is -1.03. The van der Waals surface area contributed by atoms with Crippen LogP contribution in [0.25, 0.3) is 0 Å². The van der Waals surface area contributed by atoms with Crippen molar-refractivity contribution in [2.45, 2.75) is 12.8 Å². The van der Waals surface area contributed by atoms with Crippen molar-refractivity contribution in [2.75, 3.05) is 11.5 Å². The van der Waals surface area contributed by atoms with E-state index in [1.54, 1.807) is 0 Å². The van der Waals surface area contributed by atoms with Gasteiger partial charge in [0.1, 0.15) is 10.7 Å². The van der Waals surface area contributed by atoms with Gasteiger partial charge in [-0.2, -0.15) is 0 Å². The first-order valence-electron chi connectivity index (χ1n) is 4.14. The van der Waals surface area contributed by atoms with Crippen molar-refractivity contribution in [1.29, 1.82) is 0 Å². The van der Waals surface area contributed by atoms with Gasteiger partial charge in [-0.25, -0.2) is 8.42 Å². The molecule has 0 heterocycles. The Morgan fingerprint density at radius 3 is 2.31 bits per heavy atom. The Labute approximate surface area is 79.5 Å². The Balaban J connectivity index is 2.41. The van der Waals surface area contributed by atoms with Gasteiger partial charge in [0.2, 0.25) is 0 Å². The number of hydrogen-bond acceptors (Lipinski definition) is 3. The van der Waals surface area contributed by atoms with Crippen LogP contribution in [-0.2, 0) is 17.1 Å². The van der Waals surface area contributed by atoms with Crippen molar-refractivity contribution in [3.63, 3.8) is 0 Å². The van der Waals surface area contributed by atoms with E-state index in [0.29, 0.717) is 6.42 Å². The molecule has 4 heteroatoms. The summed E-state index contributed by atoms with van der Waals surface area (Å²) in [5.41, 5.74) is 7.37. The summed E-state index contributed by atoms with van der Waals surface area (Å²) >= 11 is 0. The van der Waals surface area contributed by atoms with Crippen LogP contribution in [0.2, 0.25) is 0 Å². The van der Waals surface area contributed by atoms with Gasteiger partial charge in [-0.15, -0.1) is 0 Å². The van der Waals surface area contributed by atoms with Crippen molar-refractivity contribution in [3.05, 3.63) is 29.8 Å². The number of hydrogen-bond donors (Lipinski definition) is 2. The molecule has 13 heavy (non-hydrogen) atoms. The van der Waals surface area contributed by atoms with E-state index in [1.807, 2.05) is 24.3 Å². The van der Waals surface area contributed by atoms with Gasteiger partial charge in [-0.3, -0.25) is 0 Å². The topological polar surface area (TPSA) is 60.2 Å². The first-order valence-corrected chi connectivity index (χ1v) is 5.51. The van der Waals surface area contributed by atoms with Gasteiger partial charge in [0.05, 0.1) is 0 Å². The van der Waals surface area contributed by atoms with E-state index >= 15 is 0 Å². The monoisotopic (exact) mass is 199 g/mol. The SMILES string of the molecule is Nc1ccc(CCC[SH](=O)=O)cc1. The average molecular weight is 199 g/mol. The first kappa shape index (κ1) is 10.1. The zero-order chi connectivity index (χ0) is 9.68. The van der Waals surface area contributed by atoms with E-state index in [4.69, 9.17) is 5.73 Å². The van der Waals surface area contributed by atoms with E-state index < -0.39 is 10.7 Å². The summed E-state index contributed by atoms with van der Waals surface area (Å²) < 4.78 is 20.5. The molecule has 1 aromatic rings. The van der Waals surface area contributed by atoms with Gasteiger partial charge in [0.15, 0.2) is 0 Å². The Morgan fingerprint density at radius 1 is 1.15 bits per heavy atom. The van der Waals surface area contributed by atoms with Gasteiger partial charge in [0.25, 0.3) is 0 Å². The third-order valence-corrected chi connectivity index (χ3v) is 2.47. The number of rotatable bonds is 4. The zero-order valence-electron chi connectivity index (χ0n) is 7.27. The highest BCUT2D eigenvalue weighted by Crippen LogP contribution is 2.07. The summed E-state index contributed by atoms with van der Waals surface area (Å²) in [5, 5.41) is 0. The number of benzene rings is 1. The van der Waals surface area contributed by atoms with Gasteiger partial charge >= 0.3 is 0 Å². The van der Waals surface area contributed by atoms with Crippen LogP contribution in [0.15, 0.2) is 24.3 Å². The van der Waals surface area contributed by atoms with Crippen LogP contribution in [0.3, 0.4) is 0 Å². The molecule has 1 rings (SSSR count). The van der Waals surface area contributed by atoms with E-state index in [2.05, 4.69) is 0 Å². The van der Waals surface area contributed by atoms with Crippen molar-refractivity contribution < 1.29 is 8.42 Å². The predicted octanol–water partition coefficient (Wildman–Crippen LogP) is 0.813. The summed E-state index contributed by atoms with van der Waals surface area (Å²) in [6.07, 6.45) is 1.48. The predicted molar refractivity (Wildman–Crippen MR) is 54.4 cm³/mol. The molecule has 0 amide bonds. The number of nitrogen functional groups attached to an aromatic ring is 1. The van der Waals surface area contributed by atoms with Crippen molar-refractivity contribution >= 4 is 16.4 Å². The second-order valence-corrected chi connectivity index (χ2v) is 4.01. The van der Waals surface area contributed by atoms with Crippen LogP contribution >= 0.6 is 0 Å². The molecule has 0 fully saturated rings. The van der Waals surface area contributed by atoms with Crippen LogP contribution in [0.1, 0.15) is 12.0 Å². The van der Waals surface area contributed by atoms with Crippen LogP contribution in [0, 0.1) is 0 Å². The standard InChI is InChI=1S/C9H13NO2S/c10-9-5-3-8(4-6-9)2-1-7-13(11)12/h3-6,13H,1-2,7,10H2. The smallest absolute Gasteiger partial charge is 0.140 e. The Kier molecular flexibility index (Phi) is 3.76. The van der Waals surface area contributed by atoms with Crippen LogP contribution in [0.4, 0.5) is 5.69 Å². The molecule has 0 atom stereocenters. The number of nitrogens with two attached hydrogens (primary N) is 1. The van der Waals surface area contributed by atoms with Crippen LogP contribution in [0.5, 0.6) is 0 Å². The quantitative estimate of drug-likeness (QED) is 0.557. The number of aryl methyl sites for hydroxylation is 1. The molecular weight excluding hydrogens is 186 g/mol. The molecule has 0 aliphatic carbocycles. The normalized spacial score (nSPS) is 10.5. The average Bonchev–Trinajstić information content (AvgIpc) is 2.08. The van der Waals surface area contributed by atoms with Crippen LogP contribution < -0.4 is 5.73 Å². The molecule has 0 aromatic heterocycles. The number of anilines is 1. The summed E-state index contributed by atoms with van der Waals surface area (Å²) in [4.78, 5) is 0. The summed E-state index contributed by atoms with van der Waals surface area (Å²) in [7, 11) is -2.23. The van der Waals surface area contributed by atoms with Gasteiger partial charge in [-0.05, 0) is 30.5 Å². The van der Waals surface area contributed by atoms with E-state index in [1.165, 1.54) is 0 Å². The number of thiol groups is 1. The third kappa shape index (κ3) is 3.94. The lowest BCUT2D eigenvalue weighted by Gasteiger charge is -1.98. The summed E-state index contributed by atoms with van der Waals surface area (Å²) in [6, 6.07) is 7.50. The van der Waals surface area contributed by atoms with E-state index in [0.717, 1.165) is 17.7 Å². The lowest BCUT2D eigenvalue weighted by Crippen LogP contribution is -1.92. The zero-order valence-corrected chi connectivity index (χ0v) is 8.17. The Bertz CT molecular complexity index is 322. The van der Waals surface area contributed by atoms with Crippen molar-refractivity contribution in [3.8, 4) is 0 Å². The lowest BCUT2D eigenvalue weighted by atomic mass is 10.1. The highest BCUT2D eigenvalue weighted by molar-refractivity contribution is 7.72. The fourth-order valence-corrected chi connectivity index (χ4v) is 1.51. The lowest BCUT2D eigenvalue weighted by molar-refractivity contribution is 0.612. The Morgan fingerprint density at radius 2 is 1.77 bits per heavy atom. The molecule has 1 aromatic carbocycles. The minimum atomic E-state index is -2.23. The molecule has 3 nitrogen and oxygen atoms in total. The maximum atomic E-state index is 10.3. The fourth-order valence-electron chi connectivity index (χ4n) is 1.10. The van der Waals surface area contributed by atoms with Gasteiger partial charge in [0, 0.05) is 11.4 Å². The molecule has 0 saturated heterocycles. The second kappa shape index (κ2) is 4.87. The maximum absolute atomic E-state index is 10.3.